The number of nitrogens with zero attached hydrogens (tertiary/aromatic N) is 2. The molecule has 1 saturated heterocycles. The Bertz CT molecular complexity index is 376. The van der Waals surface area contributed by atoms with E-state index < -0.39 is 11.9 Å². The lowest BCUT2D eigenvalue weighted by Gasteiger charge is -2.35. The lowest BCUT2D eigenvalue weighted by molar-refractivity contribution is -0.143. The number of likely N-dealkylation sites (N-methyl/N-ethyl adjacent to an activating group) is 1. The number of hydrogen-bond acceptors (Lipinski definition) is 3. The normalized spacial score (nSPS) is 23.4. The number of carbonyl (C=O) groups excluding carboxylic acids is 1. The van der Waals surface area contributed by atoms with E-state index in [1.165, 1.54) is 0 Å². The smallest absolute Gasteiger partial charge is 0.317 e. The summed E-state index contributed by atoms with van der Waals surface area (Å²) in [7, 11) is 2.06. The molecule has 2 amide bonds. The van der Waals surface area contributed by atoms with Crippen molar-refractivity contribution in [3.63, 3.8) is 0 Å². The maximum Gasteiger partial charge on any atom is 0.317 e. The van der Waals surface area contributed by atoms with E-state index in [9.17, 15) is 14.7 Å². The first-order valence-corrected chi connectivity index (χ1v) is 8.30. The van der Waals surface area contributed by atoms with Gasteiger partial charge in [0, 0.05) is 25.7 Å². The van der Waals surface area contributed by atoms with Crippen LogP contribution in [0, 0.1) is 11.8 Å². The number of urea groups is 1. The van der Waals surface area contributed by atoms with Crippen molar-refractivity contribution in [1.82, 2.24) is 15.1 Å². The molecule has 0 aromatic heterocycles. The van der Waals surface area contributed by atoms with E-state index in [0.717, 1.165) is 25.9 Å². The molecule has 0 aliphatic carbocycles. The quantitative estimate of drug-likeness (QED) is 0.752. The molecule has 22 heavy (non-hydrogen) atoms. The number of carboxylic acid groups (broad SMARTS) is 1. The van der Waals surface area contributed by atoms with Gasteiger partial charge in [0.15, 0.2) is 0 Å². The minimum atomic E-state index is -0.809. The van der Waals surface area contributed by atoms with Gasteiger partial charge in [-0.15, -0.1) is 0 Å². The summed E-state index contributed by atoms with van der Waals surface area (Å²) < 4.78 is 0. The Morgan fingerprint density at radius 1 is 1.41 bits per heavy atom. The first-order chi connectivity index (χ1) is 10.3. The summed E-state index contributed by atoms with van der Waals surface area (Å²) in [6.07, 6.45) is 2.96. The number of nitrogens with one attached hydrogen (secondary N) is 1. The lowest BCUT2D eigenvalue weighted by atomic mass is 9.91. The third kappa shape index (κ3) is 6.22. The molecule has 1 rings (SSSR count). The molecule has 1 fully saturated rings. The molecule has 1 heterocycles. The number of unbranched alkanes of at least 4 members (excludes halogenated alkanes) is 1. The molecular formula is C16H31N3O3. The number of rotatable bonds is 7. The van der Waals surface area contributed by atoms with Crippen molar-refractivity contribution in [2.45, 2.75) is 46.1 Å². The second-order valence-electron chi connectivity index (χ2n) is 6.75. The second kappa shape index (κ2) is 8.98. The van der Waals surface area contributed by atoms with E-state index in [0.29, 0.717) is 19.5 Å². The van der Waals surface area contributed by atoms with Crippen LogP contribution in [0.2, 0.25) is 0 Å². The number of aliphatic carboxylic acids is 1. The fourth-order valence-corrected chi connectivity index (χ4v) is 3.03. The molecule has 0 aromatic rings. The van der Waals surface area contributed by atoms with Crippen LogP contribution in [0.4, 0.5) is 4.79 Å². The van der Waals surface area contributed by atoms with Gasteiger partial charge in [-0.25, -0.2) is 4.79 Å². The molecule has 0 radical (unpaired) electrons. The molecule has 2 N–H and O–H groups in total. The summed E-state index contributed by atoms with van der Waals surface area (Å²) in [6.45, 7) is 8.92. The first kappa shape index (κ1) is 18.7. The van der Waals surface area contributed by atoms with Crippen LogP contribution in [0.3, 0.4) is 0 Å². The van der Waals surface area contributed by atoms with Crippen molar-refractivity contribution in [2.24, 2.45) is 11.8 Å². The minimum absolute atomic E-state index is 0.0508. The summed E-state index contributed by atoms with van der Waals surface area (Å²) in [5.41, 5.74) is 0. The standard InChI is InChI=1S/C16H31N3O3/c1-5-6-7-18(4)10-13(3)17-16(22)19-9-12(2)8-14(11-19)15(20)21/h12-14H,5-11H2,1-4H3,(H,17,22)(H,20,21)/t12?,13-,14?/m1/s1. The number of piperidine rings is 1. The molecule has 0 bridgehead atoms. The van der Waals surface area contributed by atoms with Crippen LogP contribution in [0.5, 0.6) is 0 Å². The molecule has 1 aliphatic rings. The molecule has 0 aromatic carbocycles. The zero-order valence-electron chi connectivity index (χ0n) is 14.3. The summed E-state index contributed by atoms with van der Waals surface area (Å²) >= 11 is 0. The molecule has 6 heteroatoms. The van der Waals surface area contributed by atoms with Crippen molar-refractivity contribution >= 4 is 12.0 Å². The molecule has 6 nitrogen and oxygen atoms in total. The van der Waals surface area contributed by atoms with Crippen LogP contribution in [0.15, 0.2) is 0 Å². The van der Waals surface area contributed by atoms with Gasteiger partial charge in [-0.1, -0.05) is 20.3 Å². The Morgan fingerprint density at radius 3 is 2.68 bits per heavy atom. The monoisotopic (exact) mass is 313 g/mol. The van der Waals surface area contributed by atoms with Gasteiger partial charge in [-0.2, -0.15) is 0 Å². The Morgan fingerprint density at radius 2 is 2.09 bits per heavy atom. The Hall–Kier alpha value is -1.30. The van der Waals surface area contributed by atoms with Crippen LogP contribution >= 0.6 is 0 Å². The largest absolute Gasteiger partial charge is 0.481 e. The summed E-state index contributed by atoms with van der Waals surface area (Å²) in [6, 6.07) is -0.0935. The lowest BCUT2D eigenvalue weighted by Crippen LogP contribution is -2.52. The number of hydrogen-bond donors (Lipinski definition) is 2. The van der Waals surface area contributed by atoms with E-state index in [4.69, 9.17) is 0 Å². The SMILES string of the molecule is CCCCN(C)C[C@@H](C)NC(=O)N1CC(C)CC(C(=O)O)C1. The van der Waals surface area contributed by atoms with Gasteiger partial charge in [0.2, 0.25) is 0 Å². The average molecular weight is 313 g/mol. The average Bonchev–Trinajstić information content (AvgIpc) is 2.44. The van der Waals surface area contributed by atoms with Crippen LogP contribution in [0.1, 0.15) is 40.0 Å². The molecule has 0 spiro atoms. The van der Waals surface area contributed by atoms with Crippen molar-refractivity contribution in [2.75, 3.05) is 33.2 Å². The van der Waals surface area contributed by atoms with Gasteiger partial charge in [0.05, 0.1) is 5.92 Å². The summed E-state index contributed by atoms with van der Waals surface area (Å²) in [5, 5.41) is 12.2. The Labute approximate surface area is 133 Å². The highest BCUT2D eigenvalue weighted by molar-refractivity contribution is 5.76. The third-order valence-electron chi connectivity index (χ3n) is 4.14. The Balaban J connectivity index is 2.44. The molecule has 1 aliphatic heterocycles. The van der Waals surface area contributed by atoms with Crippen LogP contribution in [-0.4, -0.2) is 66.2 Å². The van der Waals surface area contributed by atoms with Crippen molar-refractivity contribution < 1.29 is 14.7 Å². The second-order valence-corrected chi connectivity index (χ2v) is 6.75. The van der Waals surface area contributed by atoms with Crippen LogP contribution in [0.25, 0.3) is 0 Å². The van der Waals surface area contributed by atoms with E-state index in [1.54, 1.807) is 4.90 Å². The summed E-state index contributed by atoms with van der Waals surface area (Å²) in [4.78, 5) is 27.4. The number of likely N-dealkylation sites (tertiary alicyclic amines) is 1. The molecule has 2 unspecified atom stereocenters. The van der Waals surface area contributed by atoms with E-state index in [-0.39, 0.29) is 18.0 Å². The summed E-state index contributed by atoms with van der Waals surface area (Å²) in [5.74, 6) is -1.03. The van der Waals surface area contributed by atoms with Gasteiger partial charge in [-0.3, -0.25) is 4.79 Å². The van der Waals surface area contributed by atoms with E-state index in [1.807, 2.05) is 13.8 Å². The topological polar surface area (TPSA) is 72.9 Å². The predicted octanol–water partition coefficient (Wildman–Crippen LogP) is 1.86. The molecule has 0 saturated carbocycles. The fraction of sp³-hybridized carbons (Fsp3) is 0.875. The highest BCUT2D eigenvalue weighted by Gasteiger charge is 2.32. The highest BCUT2D eigenvalue weighted by Crippen LogP contribution is 2.21. The van der Waals surface area contributed by atoms with Gasteiger partial charge in [0.1, 0.15) is 0 Å². The van der Waals surface area contributed by atoms with Crippen molar-refractivity contribution in [3.05, 3.63) is 0 Å². The maximum atomic E-state index is 12.3. The zero-order chi connectivity index (χ0) is 16.7. The van der Waals surface area contributed by atoms with E-state index in [2.05, 4.69) is 24.2 Å². The zero-order valence-corrected chi connectivity index (χ0v) is 14.3. The van der Waals surface area contributed by atoms with Crippen LogP contribution in [-0.2, 0) is 4.79 Å². The minimum Gasteiger partial charge on any atom is -0.481 e. The fourth-order valence-electron chi connectivity index (χ4n) is 3.03. The van der Waals surface area contributed by atoms with Gasteiger partial charge in [-0.05, 0) is 39.3 Å². The van der Waals surface area contributed by atoms with E-state index >= 15 is 0 Å². The maximum absolute atomic E-state index is 12.3. The van der Waals surface area contributed by atoms with Crippen molar-refractivity contribution in [3.8, 4) is 0 Å². The molecular weight excluding hydrogens is 282 g/mol. The number of amides is 2. The predicted molar refractivity (Wildman–Crippen MR) is 86.9 cm³/mol. The molecule has 128 valence electrons. The first-order valence-electron chi connectivity index (χ1n) is 8.30. The Kier molecular flexibility index (Phi) is 7.65. The number of carbonyl (C=O) groups is 2. The van der Waals surface area contributed by atoms with Gasteiger partial charge < -0.3 is 20.2 Å². The third-order valence-corrected chi connectivity index (χ3v) is 4.14. The molecule has 3 atom stereocenters. The van der Waals surface area contributed by atoms with Crippen molar-refractivity contribution in [1.29, 1.82) is 0 Å². The van der Waals surface area contributed by atoms with Gasteiger partial charge >= 0.3 is 12.0 Å². The number of carboxylic acids is 1. The highest BCUT2D eigenvalue weighted by atomic mass is 16.4. The van der Waals surface area contributed by atoms with Gasteiger partial charge in [0.25, 0.3) is 0 Å². The van der Waals surface area contributed by atoms with Crippen LogP contribution < -0.4 is 5.32 Å².